The van der Waals surface area contributed by atoms with Crippen LogP contribution < -0.4 is 5.73 Å². The van der Waals surface area contributed by atoms with Crippen molar-refractivity contribution in [1.82, 2.24) is 4.98 Å². The predicted octanol–water partition coefficient (Wildman–Crippen LogP) is 2.62. The van der Waals surface area contributed by atoms with Crippen LogP contribution in [0.25, 0.3) is 11.1 Å². The maximum absolute atomic E-state index is 12.2. The molecule has 0 amide bonds. The van der Waals surface area contributed by atoms with E-state index in [2.05, 4.69) is 4.98 Å². The van der Waals surface area contributed by atoms with Crippen molar-refractivity contribution in [2.75, 3.05) is 11.5 Å². The average molecular weight is 282 g/mol. The van der Waals surface area contributed by atoms with Gasteiger partial charge in [-0.25, -0.2) is 8.42 Å². The molecule has 0 saturated carbocycles. The minimum atomic E-state index is -3.48. The highest BCUT2D eigenvalue weighted by Crippen LogP contribution is 2.23. The lowest BCUT2D eigenvalue weighted by atomic mass is 10.1. The number of nitrogens with two attached hydrogens (primary N) is 1. The number of fused-ring (bicyclic) bond motifs is 1. The van der Waals surface area contributed by atoms with Crippen molar-refractivity contribution in [3.63, 3.8) is 0 Å². The van der Waals surface area contributed by atoms with Gasteiger partial charge in [0.05, 0.1) is 5.75 Å². The van der Waals surface area contributed by atoms with Gasteiger partial charge in [-0.1, -0.05) is 26.7 Å². The number of nitrogen functional groups attached to an aromatic ring is 1. The lowest BCUT2D eigenvalue weighted by Crippen LogP contribution is -2.15. The molecule has 0 aliphatic carbocycles. The van der Waals surface area contributed by atoms with Crippen molar-refractivity contribution >= 4 is 26.6 Å². The maximum Gasteiger partial charge on any atom is 0.316 e. The number of aromatic nitrogens is 1. The van der Waals surface area contributed by atoms with Gasteiger partial charge in [-0.05, 0) is 18.1 Å². The second-order valence-electron chi connectivity index (χ2n) is 4.67. The van der Waals surface area contributed by atoms with Crippen molar-refractivity contribution < 1.29 is 12.8 Å². The lowest BCUT2D eigenvalue weighted by Gasteiger charge is -2.09. The Morgan fingerprint density at radius 1 is 1.32 bits per heavy atom. The van der Waals surface area contributed by atoms with Gasteiger partial charge in [0, 0.05) is 11.8 Å². The highest BCUT2D eigenvalue weighted by Gasteiger charge is 2.25. The first-order valence-electron chi connectivity index (χ1n) is 6.35. The van der Waals surface area contributed by atoms with Crippen LogP contribution in [0, 0.1) is 5.92 Å². The summed E-state index contributed by atoms with van der Waals surface area (Å²) in [5.41, 5.74) is 7.07. The van der Waals surface area contributed by atoms with Crippen LogP contribution in [-0.4, -0.2) is 19.2 Å². The monoisotopic (exact) mass is 282 g/mol. The minimum Gasteiger partial charge on any atom is -0.428 e. The smallest absolute Gasteiger partial charge is 0.316 e. The third-order valence-corrected chi connectivity index (χ3v) is 4.89. The number of rotatable bonds is 5. The van der Waals surface area contributed by atoms with Crippen molar-refractivity contribution in [2.45, 2.75) is 31.9 Å². The molecule has 5 nitrogen and oxygen atoms in total. The minimum absolute atomic E-state index is 0.0717. The largest absolute Gasteiger partial charge is 0.428 e. The van der Waals surface area contributed by atoms with Crippen molar-refractivity contribution in [2.24, 2.45) is 5.92 Å². The number of anilines is 1. The van der Waals surface area contributed by atoms with E-state index >= 15 is 0 Å². The third-order valence-electron chi connectivity index (χ3n) is 3.27. The van der Waals surface area contributed by atoms with Crippen LogP contribution in [0.4, 0.5) is 5.69 Å². The molecular formula is C13H18N2O3S. The molecule has 1 aromatic carbocycles. The van der Waals surface area contributed by atoms with Crippen LogP contribution in [0.5, 0.6) is 0 Å². The molecule has 6 heteroatoms. The van der Waals surface area contributed by atoms with E-state index in [-0.39, 0.29) is 16.9 Å². The number of hydrogen-bond acceptors (Lipinski definition) is 5. The molecule has 1 aromatic heterocycles. The molecule has 0 bridgehead atoms. The SMILES string of the molecule is CCC(CC)CS(=O)(=O)c1nc2ccc(N)cc2o1. The van der Waals surface area contributed by atoms with E-state index in [0.717, 1.165) is 12.8 Å². The number of benzene rings is 1. The Bertz CT molecular complexity index is 672. The van der Waals surface area contributed by atoms with Crippen LogP contribution in [0.1, 0.15) is 26.7 Å². The van der Waals surface area contributed by atoms with Crippen LogP contribution in [0.2, 0.25) is 0 Å². The second kappa shape index (κ2) is 5.21. The first-order chi connectivity index (χ1) is 8.96. The molecule has 1 heterocycles. The predicted molar refractivity (Wildman–Crippen MR) is 74.5 cm³/mol. The van der Waals surface area contributed by atoms with E-state index in [0.29, 0.717) is 16.8 Å². The summed E-state index contributed by atoms with van der Waals surface area (Å²) in [4.78, 5) is 4.04. The van der Waals surface area contributed by atoms with Gasteiger partial charge in [0.1, 0.15) is 5.52 Å². The Hall–Kier alpha value is -1.56. The summed E-state index contributed by atoms with van der Waals surface area (Å²) in [6.07, 6.45) is 1.64. The van der Waals surface area contributed by atoms with Gasteiger partial charge in [-0.3, -0.25) is 0 Å². The molecule has 0 aliphatic rings. The molecule has 0 unspecified atom stereocenters. The molecule has 19 heavy (non-hydrogen) atoms. The van der Waals surface area contributed by atoms with Gasteiger partial charge in [0.2, 0.25) is 9.84 Å². The number of sulfone groups is 1. The summed E-state index contributed by atoms with van der Waals surface area (Å²) >= 11 is 0. The molecule has 0 saturated heterocycles. The Morgan fingerprint density at radius 2 is 2.00 bits per heavy atom. The number of oxazole rings is 1. The van der Waals surface area contributed by atoms with Crippen LogP contribution in [0.15, 0.2) is 27.8 Å². The van der Waals surface area contributed by atoms with Gasteiger partial charge in [0.15, 0.2) is 5.58 Å². The molecule has 0 radical (unpaired) electrons. The Balaban J connectivity index is 2.37. The molecule has 2 N–H and O–H groups in total. The number of hydrogen-bond donors (Lipinski definition) is 1. The fourth-order valence-corrected chi connectivity index (χ4v) is 3.65. The van der Waals surface area contributed by atoms with Gasteiger partial charge in [-0.15, -0.1) is 0 Å². The standard InChI is InChI=1S/C13H18N2O3S/c1-3-9(4-2)8-19(16,17)13-15-11-6-5-10(14)7-12(11)18-13/h5-7,9H,3-4,8,14H2,1-2H3. The molecule has 0 spiro atoms. The first kappa shape index (κ1) is 13.9. The van der Waals surface area contributed by atoms with Crippen molar-refractivity contribution in [1.29, 1.82) is 0 Å². The van der Waals surface area contributed by atoms with E-state index in [9.17, 15) is 8.42 Å². The Labute approximate surface area is 112 Å². The van der Waals surface area contributed by atoms with Crippen LogP contribution >= 0.6 is 0 Å². The molecule has 0 atom stereocenters. The fourth-order valence-electron chi connectivity index (χ4n) is 1.96. The van der Waals surface area contributed by atoms with Crippen LogP contribution in [-0.2, 0) is 9.84 Å². The van der Waals surface area contributed by atoms with Gasteiger partial charge in [-0.2, -0.15) is 4.98 Å². The van der Waals surface area contributed by atoms with E-state index < -0.39 is 9.84 Å². The Kier molecular flexibility index (Phi) is 3.80. The maximum atomic E-state index is 12.2. The zero-order valence-electron chi connectivity index (χ0n) is 11.1. The first-order valence-corrected chi connectivity index (χ1v) is 8.00. The normalized spacial score (nSPS) is 12.4. The Morgan fingerprint density at radius 3 is 2.63 bits per heavy atom. The summed E-state index contributed by atoms with van der Waals surface area (Å²) < 4.78 is 29.8. The molecule has 2 aromatic rings. The third kappa shape index (κ3) is 2.89. The van der Waals surface area contributed by atoms with E-state index in [1.54, 1.807) is 18.2 Å². The van der Waals surface area contributed by atoms with Gasteiger partial charge >= 0.3 is 5.22 Å². The van der Waals surface area contributed by atoms with Gasteiger partial charge < -0.3 is 10.2 Å². The molecule has 2 rings (SSSR count). The summed E-state index contributed by atoms with van der Waals surface area (Å²) in [5, 5.41) is -0.208. The van der Waals surface area contributed by atoms with Crippen molar-refractivity contribution in [3.05, 3.63) is 18.2 Å². The van der Waals surface area contributed by atoms with Gasteiger partial charge in [0.25, 0.3) is 0 Å². The average Bonchev–Trinajstić information content (AvgIpc) is 2.79. The summed E-state index contributed by atoms with van der Waals surface area (Å²) in [5.74, 6) is 0.201. The quantitative estimate of drug-likeness (QED) is 0.852. The van der Waals surface area contributed by atoms with E-state index in [1.807, 2.05) is 13.8 Å². The molecule has 104 valence electrons. The summed E-state index contributed by atoms with van der Waals surface area (Å²) in [6.45, 7) is 3.97. The summed E-state index contributed by atoms with van der Waals surface area (Å²) in [6, 6.07) is 4.91. The fraction of sp³-hybridized carbons (Fsp3) is 0.462. The number of nitrogens with zero attached hydrogens (tertiary/aromatic N) is 1. The topological polar surface area (TPSA) is 86.2 Å². The van der Waals surface area contributed by atoms with Crippen molar-refractivity contribution in [3.8, 4) is 0 Å². The zero-order valence-corrected chi connectivity index (χ0v) is 11.9. The molecule has 0 aliphatic heterocycles. The zero-order chi connectivity index (χ0) is 14.0. The van der Waals surface area contributed by atoms with Crippen LogP contribution in [0.3, 0.4) is 0 Å². The highest BCUT2D eigenvalue weighted by molar-refractivity contribution is 7.91. The lowest BCUT2D eigenvalue weighted by molar-refractivity contribution is 0.448. The molecule has 0 fully saturated rings. The second-order valence-corrected chi connectivity index (χ2v) is 6.58. The molecular weight excluding hydrogens is 264 g/mol. The van der Waals surface area contributed by atoms with E-state index in [4.69, 9.17) is 10.2 Å². The highest BCUT2D eigenvalue weighted by atomic mass is 32.2. The van der Waals surface area contributed by atoms with E-state index in [1.165, 1.54) is 0 Å². The summed E-state index contributed by atoms with van der Waals surface area (Å²) in [7, 11) is -3.48.